The van der Waals surface area contributed by atoms with E-state index in [4.69, 9.17) is 9.47 Å². The molecule has 0 amide bonds. The molecular weight excluding hydrogens is 437 g/mol. The fourth-order valence-electron chi connectivity index (χ4n) is 2.77. The first-order valence-corrected chi connectivity index (χ1v) is 9.62. The summed E-state index contributed by atoms with van der Waals surface area (Å²) in [5.74, 6) is 0.132. The number of carbonyl (C=O) groups excluding carboxylic acids is 1. The molecule has 6 heteroatoms. The van der Waals surface area contributed by atoms with Crippen LogP contribution in [0.4, 0.5) is 4.39 Å². The zero-order valence-electron chi connectivity index (χ0n) is 15.1. The highest BCUT2D eigenvalue weighted by molar-refractivity contribution is 9.10. The average Bonchev–Trinajstić information content (AvgIpc) is 3.08. The molecule has 0 saturated heterocycles. The van der Waals surface area contributed by atoms with E-state index in [-0.39, 0.29) is 24.0 Å². The number of halogens is 2. The summed E-state index contributed by atoms with van der Waals surface area (Å²) in [6.07, 6.45) is 1.66. The lowest BCUT2D eigenvalue weighted by molar-refractivity contribution is -0.129. The van der Waals surface area contributed by atoms with Gasteiger partial charge < -0.3 is 9.47 Å². The molecule has 3 aromatic rings. The molecule has 0 N–H and O–H groups in total. The van der Waals surface area contributed by atoms with Crippen LogP contribution in [0.2, 0.25) is 0 Å². The normalized spacial score (nSPS) is 14.6. The van der Waals surface area contributed by atoms with Crippen LogP contribution in [0.3, 0.4) is 0 Å². The van der Waals surface area contributed by atoms with Gasteiger partial charge >= 0.3 is 5.97 Å². The van der Waals surface area contributed by atoms with Gasteiger partial charge in [0.25, 0.3) is 0 Å². The second kappa shape index (κ2) is 8.41. The minimum atomic E-state index is -0.494. The highest BCUT2D eigenvalue weighted by atomic mass is 79.9. The molecule has 0 spiro atoms. The molecule has 3 aromatic carbocycles. The number of hydrogen-bond donors (Lipinski definition) is 0. The molecule has 4 nitrogen and oxygen atoms in total. The number of esters is 1. The van der Waals surface area contributed by atoms with E-state index >= 15 is 0 Å². The van der Waals surface area contributed by atoms with Gasteiger partial charge in [0.15, 0.2) is 5.70 Å². The Bertz CT molecular complexity index is 1120. The molecule has 4 rings (SSSR count). The Balaban J connectivity index is 1.46. The summed E-state index contributed by atoms with van der Waals surface area (Å²) >= 11 is 3.39. The number of rotatable bonds is 5. The van der Waals surface area contributed by atoms with Crippen LogP contribution >= 0.6 is 15.9 Å². The van der Waals surface area contributed by atoms with E-state index in [2.05, 4.69) is 20.9 Å². The number of aliphatic imine (C=N–C) groups is 1. The van der Waals surface area contributed by atoms with Crippen LogP contribution in [0.15, 0.2) is 88.0 Å². The molecule has 0 unspecified atom stereocenters. The molecule has 0 fully saturated rings. The third-order valence-electron chi connectivity index (χ3n) is 4.17. The van der Waals surface area contributed by atoms with Gasteiger partial charge in [-0.05, 0) is 59.7 Å². The molecule has 0 bridgehead atoms. The van der Waals surface area contributed by atoms with Crippen LogP contribution in [0.25, 0.3) is 6.08 Å². The fraction of sp³-hybridized carbons (Fsp3) is 0.0435. The Kier molecular flexibility index (Phi) is 5.53. The number of carbonyl (C=O) groups is 1. The summed E-state index contributed by atoms with van der Waals surface area (Å²) in [5, 5.41) is 0. The molecule has 144 valence electrons. The van der Waals surface area contributed by atoms with Crippen molar-refractivity contribution in [2.24, 2.45) is 4.99 Å². The van der Waals surface area contributed by atoms with Gasteiger partial charge in [0.05, 0.1) is 0 Å². The van der Waals surface area contributed by atoms with Crippen molar-refractivity contribution in [2.75, 3.05) is 0 Å². The maximum Gasteiger partial charge on any atom is 0.363 e. The highest BCUT2D eigenvalue weighted by Gasteiger charge is 2.24. The monoisotopic (exact) mass is 451 g/mol. The van der Waals surface area contributed by atoms with Crippen LogP contribution in [0.5, 0.6) is 5.75 Å². The van der Waals surface area contributed by atoms with E-state index in [1.54, 1.807) is 30.3 Å². The zero-order valence-corrected chi connectivity index (χ0v) is 16.7. The SMILES string of the molecule is O=C1OC(c2cccc(Br)c2)=N/C1=C\c1ccc(OCc2cccc(F)c2)cc1. The summed E-state index contributed by atoms with van der Waals surface area (Å²) in [7, 11) is 0. The van der Waals surface area contributed by atoms with E-state index in [0.29, 0.717) is 5.75 Å². The molecule has 1 aliphatic heterocycles. The van der Waals surface area contributed by atoms with Crippen LogP contribution in [0.1, 0.15) is 16.7 Å². The number of cyclic esters (lactones) is 1. The van der Waals surface area contributed by atoms with Crippen molar-refractivity contribution in [3.05, 3.63) is 105 Å². The molecule has 0 radical (unpaired) electrons. The Morgan fingerprint density at radius 1 is 1.03 bits per heavy atom. The smallest absolute Gasteiger partial charge is 0.363 e. The summed E-state index contributed by atoms with van der Waals surface area (Å²) in [6, 6.07) is 20.9. The van der Waals surface area contributed by atoms with Gasteiger partial charge in [0, 0.05) is 10.0 Å². The van der Waals surface area contributed by atoms with Crippen molar-refractivity contribution < 1.29 is 18.7 Å². The quantitative estimate of drug-likeness (QED) is 0.379. The first-order chi connectivity index (χ1) is 14.1. The minimum Gasteiger partial charge on any atom is -0.489 e. The van der Waals surface area contributed by atoms with Crippen molar-refractivity contribution in [3.8, 4) is 5.75 Å². The lowest BCUT2D eigenvalue weighted by atomic mass is 10.2. The van der Waals surface area contributed by atoms with Crippen LogP contribution in [0, 0.1) is 5.82 Å². The summed E-state index contributed by atoms with van der Waals surface area (Å²) in [5.41, 5.74) is 2.49. The van der Waals surface area contributed by atoms with Crippen molar-refractivity contribution in [1.29, 1.82) is 0 Å². The highest BCUT2D eigenvalue weighted by Crippen LogP contribution is 2.22. The lowest BCUT2D eigenvalue weighted by Gasteiger charge is -2.06. The number of benzene rings is 3. The Morgan fingerprint density at radius 2 is 1.83 bits per heavy atom. The van der Waals surface area contributed by atoms with Gasteiger partial charge in [-0.15, -0.1) is 0 Å². The third kappa shape index (κ3) is 4.78. The molecule has 0 aromatic heterocycles. The number of hydrogen-bond acceptors (Lipinski definition) is 4. The van der Waals surface area contributed by atoms with Gasteiger partial charge in [-0.3, -0.25) is 0 Å². The molecular formula is C23H15BrFNO3. The second-order valence-corrected chi connectivity index (χ2v) is 7.25. The van der Waals surface area contributed by atoms with Gasteiger partial charge in [-0.1, -0.05) is 46.3 Å². The molecule has 29 heavy (non-hydrogen) atoms. The van der Waals surface area contributed by atoms with Crippen LogP contribution < -0.4 is 4.74 Å². The van der Waals surface area contributed by atoms with Crippen LogP contribution in [-0.2, 0) is 16.1 Å². The zero-order chi connectivity index (χ0) is 20.2. The van der Waals surface area contributed by atoms with E-state index in [1.165, 1.54) is 12.1 Å². The number of nitrogens with zero attached hydrogens (tertiary/aromatic N) is 1. The summed E-state index contributed by atoms with van der Waals surface area (Å²) in [6.45, 7) is 0.269. The molecule has 1 heterocycles. The van der Waals surface area contributed by atoms with Gasteiger partial charge in [-0.25, -0.2) is 14.2 Å². The third-order valence-corrected chi connectivity index (χ3v) is 4.66. The Labute approximate surface area is 175 Å². The van der Waals surface area contributed by atoms with Crippen molar-refractivity contribution in [1.82, 2.24) is 0 Å². The lowest BCUT2D eigenvalue weighted by Crippen LogP contribution is -2.05. The molecule has 0 aliphatic carbocycles. The molecule has 0 atom stereocenters. The molecule has 0 saturated carbocycles. The first kappa shape index (κ1) is 19.1. The van der Waals surface area contributed by atoms with E-state index in [9.17, 15) is 9.18 Å². The van der Waals surface area contributed by atoms with Crippen molar-refractivity contribution in [3.63, 3.8) is 0 Å². The second-order valence-electron chi connectivity index (χ2n) is 6.33. The maximum absolute atomic E-state index is 13.2. The maximum atomic E-state index is 13.2. The van der Waals surface area contributed by atoms with E-state index in [0.717, 1.165) is 21.2 Å². The fourth-order valence-corrected chi connectivity index (χ4v) is 3.16. The first-order valence-electron chi connectivity index (χ1n) is 8.83. The minimum absolute atomic E-state index is 0.230. The predicted molar refractivity (Wildman–Crippen MR) is 112 cm³/mol. The van der Waals surface area contributed by atoms with Gasteiger partial charge in [0.2, 0.25) is 5.90 Å². The van der Waals surface area contributed by atoms with Crippen LogP contribution in [-0.4, -0.2) is 11.9 Å². The standard InChI is InChI=1S/C23H15BrFNO3/c24-18-5-2-4-17(13-18)22-26-21(23(27)29-22)12-15-7-9-20(10-8-15)28-14-16-3-1-6-19(25)11-16/h1-13H,14H2/b21-12-. The van der Waals surface area contributed by atoms with Crippen molar-refractivity contribution in [2.45, 2.75) is 6.61 Å². The van der Waals surface area contributed by atoms with E-state index < -0.39 is 5.97 Å². The largest absolute Gasteiger partial charge is 0.489 e. The van der Waals surface area contributed by atoms with Crippen molar-refractivity contribution >= 4 is 33.9 Å². The molecule has 1 aliphatic rings. The number of ether oxygens (including phenoxy) is 2. The van der Waals surface area contributed by atoms with E-state index in [1.807, 2.05) is 36.4 Å². The van der Waals surface area contributed by atoms with Gasteiger partial charge in [-0.2, -0.15) is 0 Å². The van der Waals surface area contributed by atoms with Gasteiger partial charge in [0.1, 0.15) is 18.2 Å². The predicted octanol–water partition coefficient (Wildman–Crippen LogP) is 5.51. The Hall–Kier alpha value is -3.25. The average molecular weight is 452 g/mol. The topological polar surface area (TPSA) is 47.9 Å². The Morgan fingerprint density at radius 3 is 2.59 bits per heavy atom. The summed E-state index contributed by atoms with van der Waals surface area (Å²) < 4.78 is 25.0. The summed E-state index contributed by atoms with van der Waals surface area (Å²) in [4.78, 5) is 16.4.